The van der Waals surface area contributed by atoms with E-state index in [-0.39, 0.29) is 28.8 Å². The smallest absolute Gasteiger partial charge is 0.394 e. The SMILES string of the molecule is Nc1nc2c(c(N)c1N)OS(=O)(=O)O2. The Morgan fingerprint density at radius 2 is 1.71 bits per heavy atom. The summed E-state index contributed by atoms with van der Waals surface area (Å²) in [5.74, 6) is -0.632. The standard InChI is InChI=1S/C5H6N4O4S/c6-1-2(7)4(8)9-5-3(1)12-14(10,11)13-5/h7H2,(H4,6,8,9). The van der Waals surface area contributed by atoms with E-state index < -0.39 is 10.4 Å². The van der Waals surface area contributed by atoms with Gasteiger partial charge in [0, 0.05) is 0 Å². The molecule has 1 aromatic rings. The first-order chi connectivity index (χ1) is 6.41. The zero-order chi connectivity index (χ0) is 10.5. The quantitative estimate of drug-likeness (QED) is 0.494. The van der Waals surface area contributed by atoms with Gasteiger partial charge in [-0.25, -0.2) is 0 Å². The Balaban J connectivity index is 2.70. The van der Waals surface area contributed by atoms with Crippen LogP contribution in [0, 0.1) is 0 Å². The van der Waals surface area contributed by atoms with Crippen LogP contribution in [0.2, 0.25) is 0 Å². The van der Waals surface area contributed by atoms with Crippen LogP contribution in [0.3, 0.4) is 0 Å². The highest BCUT2D eigenvalue weighted by atomic mass is 32.3. The number of fused-ring (bicyclic) bond motifs is 1. The molecular weight excluding hydrogens is 212 g/mol. The lowest BCUT2D eigenvalue weighted by molar-refractivity contribution is 0.434. The van der Waals surface area contributed by atoms with Crippen molar-refractivity contribution in [1.29, 1.82) is 0 Å². The van der Waals surface area contributed by atoms with Gasteiger partial charge in [0.05, 0.1) is 0 Å². The van der Waals surface area contributed by atoms with Crippen LogP contribution in [-0.4, -0.2) is 13.4 Å². The first-order valence-electron chi connectivity index (χ1n) is 3.39. The van der Waals surface area contributed by atoms with E-state index in [1.54, 1.807) is 0 Å². The molecule has 0 saturated heterocycles. The number of pyridine rings is 1. The molecule has 76 valence electrons. The van der Waals surface area contributed by atoms with Crippen molar-refractivity contribution in [2.75, 3.05) is 17.2 Å². The predicted octanol–water partition coefficient (Wildman–Crippen LogP) is -1.16. The molecule has 1 aromatic heterocycles. The largest absolute Gasteiger partial charge is 0.502 e. The Bertz CT molecular complexity index is 511. The fourth-order valence-electron chi connectivity index (χ4n) is 0.949. The van der Waals surface area contributed by atoms with Gasteiger partial charge >= 0.3 is 10.4 Å². The lowest BCUT2D eigenvalue weighted by atomic mass is 10.3. The summed E-state index contributed by atoms with van der Waals surface area (Å²) in [6, 6.07) is 0. The molecule has 0 unspecified atom stereocenters. The number of rotatable bonds is 0. The number of nitrogen functional groups attached to an aromatic ring is 3. The van der Waals surface area contributed by atoms with Gasteiger partial charge in [0.1, 0.15) is 11.4 Å². The Hall–Kier alpha value is -1.90. The number of hydrogen-bond acceptors (Lipinski definition) is 8. The molecule has 0 saturated carbocycles. The second-order valence-electron chi connectivity index (χ2n) is 2.53. The first kappa shape index (κ1) is 8.69. The van der Waals surface area contributed by atoms with E-state index >= 15 is 0 Å². The van der Waals surface area contributed by atoms with Crippen molar-refractivity contribution < 1.29 is 16.8 Å². The molecule has 2 heterocycles. The van der Waals surface area contributed by atoms with Crippen molar-refractivity contribution in [2.24, 2.45) is 0 Å². The molecule has 0 aromatic carbocycles. The molecule has 0 amide bonds. The summed E-state index contributed by atoms with van der Waals surface area (Å²) in [4.78, 5) is 3.56. The number of aromatic nitrogens is 1. The van der Waals surface area contributed by atoms with E-state index in [0.717, 1.165) is 0 Å². The van der Waals surface area contributed by atoms with Crippen molar-refractivity contribution in [1.82, 2.24) is 4.98 Å². The minimum atomic E-state index is -4.12. The van der Waals surface area contributed by atoms with Gasteiger partial charge in [0.15, 0.2) is 5.82 Å². The lowest BCUT2D eigenvalue weighted by Crippen LogP contribution is -2.08. The second-order valence-corrected chi connectivity index (χ2v) is 3.68. The van der Waals surface area contributed by atoms with Crippen molar-refractivity contribution in [3.63, 3.8) is 0 Å². The molecule has 1 aliphatic rings. The molecule has 2 rings (SSSR count). The molecule has 9 heteroatoms. The molecule has 0 atom stereocenters. The summed E-state index contributed by atoms with van der Waals surface area (Å²) < 4.78 is 30.4. The summed E-state index contributed by atoms with van der Waals surface area (Å²) in [5.41, 5.74) is 16.0. The van der Waals surface area contributed by atoms with E-state index in [0.29, 0.717) is 0 Å². The molecule has 1 aliphatic heterocycles. The third kappa shape index (κ3) is 1.06. The van der Waals surface area contributed by atoms with E-state index in [4.69, 9.17) is 17.2 Å². The van der Waals surface area contributed by atoms with Gasteiger partial charge < -0.3 is 25.6 Å². The predicted molar refractivity (Wildman–Crippen MR) is 47.6 cm³/mol. The third-order valence-electron chi connectivity index (χ3n) is 1.59. The van der Waals surface area contributed by atoms with Crippen LogP contribution in [0.25, 0.3) is 0 Å². The van der Waals surface area contributed by atoms with Crippen molar-refractivity contribution in [2.45, 2.75) is 0 Å². The number of nitrogens with two attached hydrogens (primary N) is 3. The monoisotopic (exact) mass is 218 g/mol. The zero-order valence-electron chi connectivity index (χ0n) is 6.72. The van der Waals surface area contributed by atoms with Crippen LogP contribution in [-0.2, 0) is 10.4 Å². The second kappa shape index (κ2) is 2.32. The van der Waals surface area contributed by atoms with Crippen molar-refractivity contribution >= 4 is 27.6 Å². The van der Waals surface area contributed by atoms with E-state index in [1.165, 1.54) is 0 Å². The van der Waals surface area contributed by atoms with Crippen molar-refractivity contribution in [3.8, 4) is 11.6 Å². The molecule has 0 bridgehead atoms. The Kier molecular flexibility index (Phi) is 1.44. The van der Waals surface area contributed by atoms with E-state index in [9.17, 15) is 8.42 Å². The van der Waals surface area contributed by atoms with Gasteiger partial charge in [-0.2, -0.15) is 4.98 Å². The Morgan fingerprint density at radius 3 is 2.36 bits per heavy atom. The van der Waals surface area contributed by atoms with Gasteiger partial charge in [-0.3, -0.25) is 0 Å². The first-order valence-corrected chi connectivity index (χ1v) is 4.72. The van der Waals surface area contributed by atoms with Crippen molar-refractivity contribution in [3.05, 3.63) is 0 Å². The van der Waals surface area contributed by atoms with Gasteiger partial charge in [-0.15, -0.1) is 8.42 Å². The molecule has 8 nitrogen and oxygen atoms in total. The maximum atomic E-state index is 10.8. The fraction of sp³-hybridized carbons (Fsp3) is 0. The molecule has 0 aliphatic carbocycles. The van der Waals surface area contributed by atoms with E-state index in [2.05, 4.69) is 13.4 Å². The summed E-state index contributed by atoms with van der Waals surface area (Å²) in [7, 11) is -4.12. The van der Waals surface area contributed by atoms with Gasteiger partial charge in [-0.05, 0) is 0 Å². The van der Waals surface area contributed by atoms with Gasteiger partial charge in [0.25, 0.3) is 5.88 Å². The molecular formula is C5H6N4O4S. The van der Waals surface area contributed by atoms with Crippen LogP contribution >= 0.6 is 0 Å². The van der Waals surface area contributed by atoms with Crippen LogP contribution in [0.5, 0.6) is 11.6 Å². The summed E-state index contributed by atoms with van der Waals surface area (Å²) >= 11 is 0. The van der Waals surface area contributed by atoms with Crippen LogP contribution < -0.4 is 25.6 Å². The number of anilines is 3. The van der Waals surface area contributed by atoms with Gasteiger partial charge in [-0.1, -0.05) is 0 Å². The summed E-state index contributed by atoms with van der Waals surface area (Å²) in [6.07, 6.45) is 0. The highest BCUT2D eigenvalue weighted by molar-refractivity contribution is 7.82. The number of nitrogens with zero attached hydrogens (tertiary/aromatic N) is 1. The van der Waals surface area contributed by atoms with Crippen LogP contribution in [0.1, 0.15) is 0 Å². The Morgan fingerprint density at radius 1 is 1.07 bits per heavy atom. The minimum Gasteiger partial charge on any atom is -0.394 e. The summed E-state index contributed by atoms with van der Waals surface area (Å²) in [5, 5.41) is 0. The molecule has 0 fully saturated rings. The van der Waals surface area contributed by atoms with Crippen LogP contribution in [0.4, 0.5) is 17.2 Å². The zero-order valence-corrected chi connectivity index (χ0v) is 7.54. The maximum absolute atomic E-state index is 10.8. The molecule has 6 N–H and O–H groups in total. The average molecular weight is 218 g/mol. The van der Waals surface area contributed by atoms with Crippen LogP contribution in [0.15, 0.2) is 0 Å². The highest BCUT2D eigenvalue weighted by Gasteiger charge is 2.33. The number of hydrogen-bond donors (Lipinski definition) is 3. The highest BCUT2D eigenvalue weighted by Crippen LogP contribution is 2.43. The normalized spacial score (nSPS) is 16.9. The maximum Gasteiger partial charge on any atom is 0.502 e. The third-order valence-corrected chi connectivity index (χ3v) is 2.33. The molecule has 0 spiro atoms. The molecule has 0 radical (unpaired) electrons. The minimum absolute atomic E-state index is 0.0375. The topological polar surface area (TPSA) is 144 Å². The van der Waals surface area contributed by atoms with E-state index in [1.807, 2.05) is 0 Å². The average Bonchev–Trinajstić information content (AvgIpc) is 2.37. The van der Waals surface area contributed by atoms with Gasteiger partial charge in [0.2, 0.25) is 5.75 Å². The Labute approximate surface area is 78.9 Å². The summed E-state index contributed by atoms with van der Waals surface area (Å²) in [6.45, 7) is 0. The molecule has 14 heavy (non-hydrogen) atoms. The fourth-order valence-corrected chi connectivity index (χ4v) is 1.65. The lowest BCUT2D eigenvalue weighted by Gasteiger charge is -2.03.